The zero-order valence-electron chi connectivity index (χ0n) is 21.4. The Morgan fingerprint density at radius 3 is 2.64 bits per heavy atom. The van der Waals surface area contributed by atoms with Gasteiger partial charge in [-0.15, -0.1) is 0 Å². The maximum absolute atomic E-state index is 12.5. The van der Waals surface area contributed by atoms with Crippen LogP contribution in [-0.2, 0) is 4.74 Å². The third-order valence-electron chi connectivity index (χ3n) is 7.01. The number of carbonyl (C=O) groups excluding carboxylic acids is 1. The van der Waals surface area contributed by atoms with Crippen molar-refractivity contribution in [2.45, 2.75) is 81.4 Å². The molecule has 2 aliphatic rings. The number of aromatic nitrogens is 2. The van der Waals surface area contributed by atoms with Gasteiger partial charge in [-0.2, -0.15) is 0 Å². The number of rotatable bonds is 5. The molecule has 2 fully saturated rings. The van der Waals surface area contributed by atoms with Crippen LogP contribution in [0.25, 0.3) is 6.08 Å². The molecule has 1 saturated heterocycles. The second-order valence-electron chi connectivity index (χ2n) is 10.6. The van der Waals surface area contributed by atoms with Crippen molar-refractivity contribution < 1.29 is 9.53 Å². The Kier molecular flexibility index (Phi) is 8.13. The molecular weight excluding hydrogens is 515 g/mol. The van der Waals surface area contributed by atoms with Crippen LogP contribution >= 0.6 is 35.0 Å². The number of hydrogen-bond acceptors (Lipinski definition) is 6. The van der Waals surface area contributed by atoms with E-state index in [9.17, 15) is 4.79 Å². The number of halogens is 2. The highest BCUT2D eigenvalue weighted by Gasteiger charge is 2.46. The maximum Gasteiger partial charge on any atom is 0.407 e. The van der Waals surface area contributed by atoms with Gasteiger partial charge in [0.2, 0.25) is 0 Å². The lowest BCUT2D eigenvalue weighted by molar-refractivity contribution is 0.0442. The monoisotopic (exact) mass is 548 g/mol. The van der Waals surface area contributed by atoms with Gasteiger partial charge in [-0.3, -0.25) is 0 Å². The minimum atomic E-state index is -0.501. The fraction of sp³-hybridized carbons (Fsp3) is 0.519. The van der Waals surface area contributed by atoms with Gasteiger partial charge in [0.05, 0.1) is 15.7 Å². The lowest BCUT2D eigenvalue weighted by atomic mass is 9.74. The van der Waals surface area contributed by atoms with E-state index in [1.54, 1.807) is 12.1 Å². The molecule has 2 aromatic rings. The Bertz CT molecular complexity index is 1140. The van der Waals surface area contributed by atoms with E-state index in [1.165, 1.54) is 11.8 Å². The first-order valence-electron chi connectivity index (χ1n) is 12.4. The van der Waals surface area contributed by atoms with Gasteiger partial charge in [0, 0.05) is 24.0 Å². The van der Waals surface area contributed by atoms with Gasteiger partial charge >= 0.3 is 6.09 Å². The first-order chi connectivity index (χ1) is 17.0. The van der Waals surface area contributed by atoms with Gasteiger partial charge in [-0.25, -0.2) is 14.8 Å². The van der Waals surface area contributed by atoms with Crippen LogP contribution in [0.3, 0.4) is 0 Å². The number of carbonyl (C=O) groups is 1. The number of amides is 1. The molecule has 2 heterocycles. The number of nitrogens with zero attached hydrogens (tertiary/aromatic N) is 3. The smallest absolute Gasteiger partial charge is 0.407 e. The van der Waals surface area contributed by atoms with Crippen molar-refractivity contribution in [2.24, 2.45) is 5.41 Å². The van der Waals surface area contributed by atoms with Crippen LogP contribution in [0.4, 0.5) is 10.6 Å². The molecule has 1 saturated carbocycles. The molecule has 36 heavy (non-hydrogen) atoms. The fourth-order valence-corrected chi connectivity index (χ4v) is 6.58. The fourth-order valence-electron chi connectivity index (χ4n) is 5.21. The second kappa shape index (κ2) is 10.8. The van der Waals surface area contributed by atoms with Gasteiger partial charge < -0.3 is 15.0 Å². The summed E-state index contributed by atoms with van der Waals surface area (Å²) in [5.74, 6) is 0.855. The molecule has 1 amide bonds. The Hall–Kier alpha value is -1.96. The molecule has 4 rings (SSSR count). The van der Waals surface area contributed by atoms with E-state index < -0.39 is 5.60 Å². The van der Waals surface area contributed by atoms with E-state index in [0.29, 0.717) is 10.0 Å². The third-order valence-corrected chi connectivity index (χ3v) is 9.08. The van der Waals surface area contributed by atoms with Crippen LogP contribution in [0.2, 0.25) is 10.0 Å². The third kappa shape index (κ3) is 5.95. The molecule has 6 nitrogen and oxygen atoms in total. The molecule has 1 aromatic heterocycles. The Labute approximate surface area is 228 Å². The quantitative estimate of drug-likeness (QED) is 0.415. The highest BCUT2D eigenvalue weighted by molar-refractivity contribution is 7.99. The van der Waals surface area contributed by atoms with Crippen molar-refractivity contribution in [1.29, 1.82) is 0 Å². The van der Waals surface area contributed by atoms with Crippen molar-refractivity contribution in [1.82, 2.24) is 15.3 Å². The number of nitrogens with one attached hydrogen (secondary N) is 1. The number of benzene rings is 1. The van der Waals surface area contributed by atoms with Crippen LogP contribution in [0.5, 0.6) is 0 Å². The van der Waals surface area contributed by atoms with Crippen molar-refractivity contribution in [3.05, 3.63) is 46.2 Å². The summed E-state index contributed by atoms with van der Waals surface area (Å²) in [5.41, 5.74) is 1.19. The molecule has 0 radical (unpaired) electrons. The maximum atomic E-state index is 12.5. The Morgan fingerprint density at radius 2 is 1.97 bits per heavy atom. The van der Waals surface area contributed by atoms with E-state index in [4.69, 9.17) is 37.9 Å². The SMILES string of the molecule is C=Cc1nc(Sc2cccc(Cl)c2Cl)c(C)nc1N1CCC2(CCC[C@H]2NC(=O)OC(C)(C)C)CC1. The van der Waals surface area contributed by atoms with Crippen molar-refractivity contribution in [3.63, 3.8) is 0 Å². The molecule has 1 aromatic carbocycles. The Morgan fingerprint density at radius 1 is 1.25 bits per heavy atom. The van der Waals surface area contributed by atoms with Gasteiger partial charge in [0.25, 0.3) is 0 Å². The molecule has 1 N–H and O–H groups in total. The molecule has 0 unspecified atom stereocenters. The normalized spacial score (nSPS) is 19.4. The van der Waals surface area contributed by atoms with Crippen molar-refractivity contribution >= 4 is 53.0 Å². The molecule has 9 heteroatoms. The van der Waals surface area contributed by atoms with Gasteiger partial charge in [0.15, 0.2) is 5.82 Å². The van der Waals surface area contributed by atoms with E-state index in [2.05, 4.69) is 16.8 Å². The van der Waals surface area contributed by atoms with Crippen LogP contribution < -0.4 is 10.2 Å². The minimum Gasteiger partial charge on any atom is -0.444 e. The van der Waals surface area contributed by atoms with Crippen LogP contribution in [0, 0.1) is 12.3 Å². The van der Waals surface area contributed by atoms with Gasteiger partial charge in [0.1, 0.15) is 16.3 Å². The number of alkyl carbamates (subject to hydrolysis) is 1. The standard InChI is InChI=1S/C27H34Cl2N4O2S/c1-6-19-23(30-17(2)24(31-19)36-20-10-7-9-18(28)22(20)29)33-15-13-27(14-16-33)12-8-11-21(27)32-25(34)35-26(3,4)5/h6-7,9-10,21H,1,8,11-16H2,2-5H3,(H,32,34)/t21-/m1/s1. The topological polar surface area (TPSA) is 67.4 Å². The van der Waals surface area contributed by atoms with Crippen molar-refractivity contribution in [2.75, 3.05) is 18.0 Å². The second-order valence-corrected chi connectivity index (χ2v) is 12.4. The number of ether oxygens (including phenoxy) is 1. The van der Waals surface area contributed by atoms with E-state index in [0.717, 1.165) is 72.3 Å². The number of anilines is 1. The first-order valence-corrected chi connectivity index (χ1v) is 14.0. The summed E-state index contributed by atoms with van der Waals surface area (Å²) < 4.78 is 5.53. The average Bonchev–Trinajstić information content (AvgIpc) is 3.18. The molecule has 0 bridgehead atoms. The zero-order chi connectivity index (χ0) is 26.1. The first kappa shape index (κ1) is 27.1. The highest BCUT2D eigenvalue weighted by atomic mass is 35.5. The summed E-state index contributed by atoms with van der Waals surface area (Å²) in [5, 5.41) is 4.99. The molecular formula is C27H34Cl2N4O2S. The molecule has 1 spiro atoms. The average molecular weight is 550 g/mol. The highest BCUT2D eigenvalue weighted by Crippen LogP contribution is 2.47. The molecule has 194 valence electrons. The number of piperidine rings is 1. The summed E-state index contributed by atoms with van der Waals surface area (Å²) in [4.78, 5) is 25.4. The summed E-state index contributed by atoms with van der Waals surface area (Å²) in [7, 11) is 0. The zero-order valence-corrected chi connectivity index (χ0v) is 23.7. The summed E-state index contributed by atoms with van der Waals surface area (Å²) in [6.07, 6.45) is 6.65. The minimum absolute atomic E-state index is 0.101. The van der Waals surface area contributed by atoms with Crippen LogP contribution in [0.15, 0.2) is 34.7 Å². The summed E-state index contributed by atoms with van der Waals surface area (Å²) in [6.45, 7) is 13.3. The van der Waals surface area contributed by atoms with Gasteiger partial charge in [-0.1, -0.05) is 54.0 Å². The van der Waals surface area contributed by atoms with Gasteiger partial charge in [-0.05, 0) is 77.0 Å². The lowest BCUT2D eigenvalue weighted by Crippen LogP contribution is -2.51. The van der Waals surface area contributed by atoms with E-state index >= 15 is 0 Å². The largest absolute Gasteiger partial charge is 0.444 e. The number of aryl methyl sites for hydroxylation is 1. The predicted octanol–water partition coefficient (Wildman–Crippen LogP) is 7.55. The van der Waals surface area contributed by atoms with Crippen LogP contribution in [0.1, 0.15) is 64.3 Å². The molecule has 1 atom stereocenters. The summed E-state index contributed by atoms with van der Waals surface area (Å²) in [6, 6.07) is 5.71. The van der Waals surface area contributed by atoms with Crippen LogP contribution in [-0.4, -0.2) is 40.8 Å². The lowest BCUT2D eigenvalue weighted by Gasteiger charge is -2.44. The Balaban J connectivity index is 1.48. The van der Waals surface area contributed by atoms with E-state index in [1.807, 2.05) is 39.8 Å². The molecule has 1 aliphatic carbocycles. The number of hydrogen-bond donors (Lipinski definition) is 1. The molecule has 1 aliphatic heterocycles. The van der Waals surface area contributed by atoms with Crippen molar-refractivity contribution in [3.8, 4) is 0 Å². The van der Waals surface area contributed by atoms with E-state index in [-0.39, 0.29) is 17.6 Å². The summed E-state index contributed by atoms with van der Waals surface area (Å²) >= 11 is 14.0. The predicted molar refractivity (Wildman–Crippen MR) is 148 cm³/mol.